The maximum Gasteiger partial charge on any atom is 0.225 e. The molecular formula is C13H19N3O. The van der Waals surface area contributed by atoms with Crippen molar-refractivity contribution in [2.45, 2.75) is 25.3 Å². The zero-order valence-corrected chi connectivity index (χ0v) is 10.1. The summed E-state index contributed by atoms with van der Waals surface area (Å²) >= 11 is 0. The molecule has 1 aromatic carbocycles. The molecule has 4 nitrogen and oxygen atoms in total. The van der Waals surface area contributed by atoms with Gasteiger partial charge in [0.15, 0.2) is 0 Å². The number of nitrogen functional groups attached to an aromatic ring is 1. The number of amides is 1. The van der Waals surface area contributed by atoms with Crippen molar-refractivity contribution in [1.82, 2.24) is 4.90 Å². The first kappa shape index (κ1) is 11.9. The Kier molecular flexibility index (Phi) is 3.64. The number of benzene rings is 1. The Morgan fingerprint density at radius 3 is 2.65 bits per heavy atom. The van der Waals surface area contributed by atoms with Crippen LogP contribution in [0.3, 0.4) is 0 Å². The van der Waals surface area contributed by atoms with Crippen LogP contribution in [0.4, 0.5) is 11.4 Å². The van der Waals surface area contributed by atoms with E-state index >= 15 is 0 Å². The van der Waals surface area contributed by atoms with Gasteiger partial charge in [0.05, 0.1) is 0 Å². The molecule has 17 heavy (non-hydrogen) atoms. The van der Waals surface area contributed by atoms with E-state index in [1.54, 1.807) is 12.1 Å². The van der Waals surface area contributed by atoms with Crippen LogP contribution in [0.15, 0.2) is 24.3 Å². The highest BCUT2D eigenvalue weighted by atomic mass is 16.1. The molecule has 0 aromatic heterocycles. The van der Waals surface area contributed by atoms with Gasteiger partial charge in [-0.15, -0.1) is 0 Å². The molecule has 0 bridgehead atoms. The molecule has 0 radical (unpaired) electrons. The molecule has 0 unspecified atom stereocenters. The summed E-state index contributed by atoms with van der Waals surface area (Å²) in [6.07, 6.45) is 3.09. The van der Waals surface area contributed by atoms with Crippen molar-refractivity contribution in [2.24, 2.45) is 0 Å². The van der Waals surface area contributed by atoms with E-state index < -0.39 is 0 Å². The third kappa shape index (κ3) is 3.75. The summed E-state index contributed by atoms with van der Waals surface area (Å²) in [5.74, 6) is 0.0577. The molecular weight excluding hydrogens is 214 g/mol. The van der Waals surface area contributed by atoms with Gasteiger partial charge >= 0.3 is 0 Å². The van der Waals surface area contributed by atoms with E-state index in [1.807, 2.05) is 12.1 Å². The fourth-order valence-corrected chi connectivity index (χ4v) is 1.77. The highest BCUT2D eigenvalue weighted by Gasteiger charge is 2.25. The minimum absolute atomic E-state index is 0.0577. The minimum atomic E-state index is 0.0577. The Hall–Kier alpha value is -1.55. The minimum Gasteiger partial charge on any atom is -0.399 e. The van der Waals surface area contributed by atoms with Crippen molar-refractivity contribution in [3.05, 3.63) is 24.3 Å². The molecule has 4 heteroatoms. The smallest absolute Gasteiger partial charge is 0.225 e. The van der Waals surface area contributed by atoms with Crippen LogP contribution in [0.1, 0.15) is 19.3 Å². The predicted octanol–water partition coefficient (Wildman–Crippen LogP) is 1.69. The number of nitrogens with one attached hydrogen (secondary N) is 1. The lowest BCUT2D eigenvalue weighted by molar-refractivity contribution is -0.116. The number of nitrogens with two attached hydrogens (primary N) is 1. The number of carbonyl (C=O) groups excluding carboxylic acids is 1. The molecule has 1 aromatic rings. The summed E-state index contributed by atoms with van der Waals surface area (Å²) in [6, 6.07) is 7.91. The number of hydrogen-bond donors (Lipinski definition) is 2. The van der Waals surface area contributed by atoms with Crippen LogP contribution in [0.25, 0.3) is 0 Å². The van der Waals surface area contributed by atoms with Gasteiger partial charge in [-0.2, -0.15) is 0 Å². The first-order valence-corrected chi connectivity index (χ1v) is 6.01. The van der Waals surface area contributed by atoms with Crippen molar-refractivity contribution < 1.29 is 4.79 Å². The first-order valence-electron chi connectivity index (χ1n) is 6.01. The van der Waals surface area contributed by atoms with Gasteiger partial charge < -0.3 is 16.0 Å². The Morgan fingerprint density at radius 2 is 2.06 bits per heavy atom. The second-order valence-electron chi connectivity index (χ2n) is 4.63. The number of rotatable bonds is 5. The molecule has 1 aliphatic carbocycles. The van der Waals surface area contributed by atoms with E-state index in [-0.39, 0.29) is 5.91 Å². The molecule has 1 aliphatic rings. The van der Waals surface area contributed by atoms with Crippen LogP contribution in [0.2, 0.25) is 0 Å². The Balaban J connectivity index is 1.74. The van der Waals surface area contributed by atoms with E-state index in [1.165, 1.54) is 12.8 Å². The topological polar surface area (TPSA) is 58.4 Å². The molecule has 1 fully saturated rings. The summed E-state index contributed by atoms with van der Waals surface area (Å²) in [7, 11) is 2.08. The lowest BCUT2D eigenvalue weighted by Gasteiger charge is -2.14. The SMILES string of the molecule is CN(CCC(=O)Nc1ccc(N)cc1)C1CC1. The molecule has 0 saturated heterocycles. The molecule has 0 heterocycles. The second kappa shape index (κ2) is 5.19. The molecule has 92 valence electrons. The van der Waals surface area contributed by atoms with E-state index in [9.17, 15) is 4.79 Å². The maximum atomic E-state index is 11.7. The van der Waals surface area contributed by atoms with E-state index in [0.717, 1.165) is 12.2 Å². The summed E-state index contributed by atoms with van der Waals surface area (Å²) in [5, 5.41) is 2.86. The average Bonchev–Trinajstić information content (AvgIpc) is 3.13. The Labute approximate surface area is 102 Å². The first-order chi connectivity index (χ1) is 8.15. The van der Waals surface area contributed by atoms with Gasteiger partial charge in [0.1, 0.15) is 0 Å². The summed E-state index contributed by atoms with van der Waals surface area (Å²) in [4.78, 5) is 13.9. The van der Waals surface area contributed by atoms with Crippen molar-refractivity contribution in [2.75, 3.05) is 24.6 Å². The number of nitrogens with zero attached hydrogens (tertiary/aromatic N) is 1. The maximum absolute atomic E-state index is 11.7. The summed E-state index contributed by atoms with van der Waals surface area (Å²) in [5.41, 5.74) is 7.09. The number of anilines is 2. The molecule has 2 rings (SSSR count). The molecule has 0 spiro atoms. The van der Waals surface area contributed by atoms with Crippen LogP contribution in [0.5, 0.6) is 0 Å². The summed E-state index contributed by atoms with van der Waals surface area (Å²) in [6.45, 7) is 0.825. The standard InChI is InChI=1S/C13H19N3O/c1-16(12-6-7-12)9-8-13(17)15-11-4-2-10(14)3-5-11/h2-5,12H,6-9,14H2,1H3,(H,15,17). The van der Waals surface area contributed by atoms with Gasteiger partial charge in [-0.25, -0.2) is 0 Å². The molecule has 0 atom stereocenters. The average molecular weight is 233 g/mol. The van der Waals surface area contributed by atoms with Gasteiger partial charge in [0.2, 0.25) is 5.91 Å². The van der Waals surface area contributed by atoms with Crippen molar-refractivity contribution >= 4 is 17.3 Å². The van der Waals surface area contributed by atoms with Crippen molar-refractivity contribution in [1.29, 1.82) is 0 Å². The quantitative estimate of drug-likeness (QED) is 0.761. The number of hydrogen-bond acceptors (Lipinski definition) is 3. The van der Waals surface area contributed by atoms with E-state index in [0.29, 0.717) is 18.2 Å². The molecule has 1 saturated carbocycles. The van der Waals surface area contributed by atoms with Crippen molar-refractivity contribution in [3.63, 3.8) is 0 Å². The van der Waals surface area contributed by atoms with Crippen LogP contribution >= 0.6 is 0 Å². The largest absolute Gasteiger partial charge is 0.399 e. The van der Waals surface area contributed by atoms with E-state index in [4.69, 9.17) is 5.73 Å². The fraction of sp³-hybridized carbons (Fsp3) is 0.462. The monoisotopic (exact) mass is 233 g/mol. The highest BCUT2D eigenvalue weighted by Crippen LogP contribution is 2.25. The van der Waals surface area contributed by atoms with Crippen LogP contribution in [-0.2, 0) is 4.79 Å². The summed E-state index contributed by atoms with van der Waals surface area (Å²) < 4.78 is 0. The zero-order valence-electron chi connectivity index (χ0n) is 10.1. The van der Waals surface area contributed by atoms with Crippen LogP contribution in [-0.4, -0.2) is 30.4 Å². The third-order valence-corrected chi connectivity index (χ3v) is 3.06. The van der Waals surface area contributed by atoms with Crippen molar-refractivity contribution in [3.8, 4) is 0 Å². The lowest BCUT2D eigenvalue weighted by Crippen LogP contribution is -2.25. The molecule has 1 amide bonds. The third-order valence-electron chi connectivity index (χ3n) is 3.06. The van der Waals surface area contributed by atoms with Gasteiger partial charge in [-0.3, -0.25) is 4.79 Å². The Morgan fingerprint density at radius 1 is 1.41 bits per heavy atom. The zero-order chi connectivity index (χ0) is 12.3. The van der Waals surface area contributed by atoms with Gasteiger partial charge in [-0.05, 0) is 44.2 Å². The fourth-order valence-electron chi connectivity index (χ4n) is 1.77. The van der Waals surface area contributed by atoms with Gasteiger partial charge in [0, 0.05) is 30.4 Å². The molecule has 3 N–H and O–H groups in total. The number of carbonyl (C=O) groups is 1. The van der Waals surface area contributed by atoms with E-state index in [2.05, 4.69) is 17.3 Å². The highest BCUT2D eigenvalue weighted by molar-refractivity contribution is 5.90. The van der Waals surface area contributed by atoms with Gasteiger partial charge in [0.25, 0.3) is 0 Å². The van der Waals surface area contributed by atoms with Gasteiger partial charge in [-0.1, -0.05) is 0 Å². The Bertz CT molecular complexity index is 384. The predicted molar refractivity (Wildman–Crippen MR) is 69.8 cm³/mol. The molecule has 0 aliphatic heterocycles. The van der Waals surface area contributed by atoms with Crippen LogP contribution < -0.4 is 11.1 Å². The lowest BCUT2D eigenvalue weighted by atomic mass is 10.2. The second-order valence-corrected chi connectivity index (χ2v) is 4.63. The van der Waals surface area contributed by atoms with Crippen LogP contribution in [0, 0.1) is 0 Å². The normalized spacial score (nSPS) is 14.9.